The standard InChI is InChI=1S/C11H10N2O2/c1-2-10-11(15-6-5-14-10)7-8(1)9-3-4-12-13-9/h1-4,7H,5-6H2,(H,12,13). The van der Waals surface area contributed by atoms with Gasteiger partial charge in [-0.25, -0.2) is 0 Å². The molecule has 0 unspecified atom stereocenters. The van der Waals surface area contributed by atoms with Crippen molar-refractivity contribution in [2.24, 2.45) is 0 Å². The first-order valence-electron chi connectivity index (χ1n) is 4.83. The van der Waals surface area contributed by atoms with Crippen LogP contribution in [-0.2, 0) is 0 Å². The highest BCUT2D eigenvalue weighted by atomic mass is 16.6. The molecule has 0 atom stereocenters. The van der Waals surface area contributed by atoms with Crippen LogP contribution in [-0.4, -0.2) is 23.4 Å². The molecule has 0 radical (unpaired) electrons. The lowest BCUT2D eigenvalue weighted by Gasteiger charge is -2.18. The number of hydrogen-bond donors (Lipinski definition) is 1. The van der Waals surface area contributed by atoms with Gasteiger partial charge in [-0.1, -0.05) is 0 Å². The summed E-state index contributed by atoms with van der Waals surface area (Å²) in [7, 11) is 0. The fourth-order valence-electron chi connectivity index (χ4n) is 1.63. The third kappa shape index (κ3) is 1.44. The Kier molecular flexibility index (Phi) is 1.84. The third-order valence-corrected chi connectivity index (χ3v) is 2.35. The van der Waals surface area contributed by atoms with E-state index >= 15 is 0 Å². The summed E-state index contributed by atoms with van der Waals surface area (Å²) in [6, 6.07) is 7.79. The van der Waals surface area contributed by atoms with Gasteiger partial charge in [0.2, 0.25) is 0 Å². The van der Waals surface area contributed by atoms with Crippen LogP contribution in [0.4, 0.5) is 0 Å². The van der Waals surface area contributed by atoms with Crippen molar-refractivity contribution >= 4 is 0 Å². The highest BCUT2D eigenvalue weighted by molar-refractivity contribution is 5.63. The molecule has 0 fully saturated rings. The van der Waals surface area contributed by atoms with E-state index in [2.05, 4.69) is 10.2 Å². The number of nitrogens with zero attached hydrogens (tertiary/aromatic N) is 1. The summed E-state index contributed by atoms with van der Waals surface area (Å²) in [6.45, 7) is 1.23. The van der Waals surface area contributed by atoms with Crippen LogP contribution in [0, 0.1) is 0 Å². The SMILES string of the molecule is c1cc(-c2ccc3c(c2)OCCO3)[nH]n1. The van der Waals surface area contributed by atoms with Crippen LogP contribution in [0.1, 0.15) is 0 Å². The number of H-pyrrole nitrogens is 1. The number of hydrogen-bond acceptors (Lipinski definition) is 3. The zero-order valence-electron chi connectivity index (χ0n) is 8.06. The molecule has 1 aromatic carbocycles. The monoisotopic (exact) mass is 202 g/mol. The van der Waals surface area contributed by atoms with Crippen LogP contribution in [0.5, 0.6) is 11.5 Å². The van der Waals surface area contributed by atoms with E-state index in [0.717, 1.165) is 22.8 Å². The van der Waals surface area contributed by atoms with E-state index in [1.54, 1.807) is 6.20 Å². The molecular weight excluding hydrogens is 192 g/mol. The predicted octanol–water partition coefficient (Wildman–Crippen LogP) is 1.85. The lowest BCUT2D eigenvalue weighted by atomic mass is 10.1. The number of benzene rings is 1. The molecule has 76 valence electrons. The summed E-state index contributed by atoms with van der Waals surface area (Å²) in [5.41, 5.74) is 2.03. The van der Waals surface area contributed by atoms with E-state index in [1.807, 2.05) is 24.3 Å². The molecule has 0 saturated carbocycles. The largest absolute Gasteiger partial charge is 0.486 e. The first-order chi connectivity index (χ1) is 7.43. The van der Waals surface area contributed by atoms with Gasteiger partial charge in [0.25, 0.3) is 0 Å². The zero-order valence-corrected chi connectivity index (χ0v) is 8.06. The predicted molar refractivity (Wildman–Crippen MR) is 55.0 cm³/mol. The Morgan fingerprint density at radius 3 is 2.73 bits per heavy atom. The Morgan fingerprint density at radius 2 is 1.93 bits per heavy atom. The van der Waals surface area contributed by atoms with E-state index in [1.165, 1.54) is 0 Å². The van der Waals surface area contributed by atoms with Gasteiger partial charge in [-0.15, -0.1) is 0 Å². The Morgan fingerprint density at radius 1 is 1.07 bits per heavy atom. The highest BCUT2D eigenvalue weighted by Crippen LogP contribution is 2.33. The first kappa shape index (κ1) is 8.35. The molecule has 2 aromatic rings. The third-order valence-electron chi connectivity index (χ3n) is 2.35. The Labute approximate surface area is 86.8 Å². The van der Waals surface area contributed by atoms with Crippen LogP contribution >= 0.6 is 0 Å². The molecule has 0 bridgehead atoms. The minimum absolute atomic E-state index is 0.611. The molecule has 0 amide bonds. The summed E-state index contributed by atoms with van der Waals surface area (Å²) in [5, 5.41) is 6.83. The van der Waals surface area contributed by atoms with Crippen molar-refractivity contribution in [1.82, 2.24) is 10.2 Å². The van der Waals surface area contributed by atoms with Crippen LogP contribution < -0.4 is 9.47 Å². The first-order valence-corrected chi connectivity index (χ1v) is 4.83. The van der Waals surface area contributed by atoms with Gasteiger partial charge in [-0.05, 0) is 24.3 Å². The summed E-state index contributed by atoms with van der Waals surface area (Å²) in [6.07, 6.45) is 1.73. The van der Waals surface area contributed by atoms with E-state index in [4.69, 9.17) is 9.47 Å². The molecule has 1 aliphatic rings. The van der Waals surface area contributed by atoms with Crippen molar-refractivity contribution in [3.63, 3.8) is 0 Å². The molecule has 2 heterocycles. The lowest BCUT2D eigenvalue weighted by Crippen LogP contribution is -2.15. The lowest BCUT2D eigenvalue weighted by molar-refractivity contribution is 0.171. The van der Waals surface area contributed by atoms with Gasteiger partial charge < -0.3 is 9.47 Å². The van der Waals surface area contributed by atoms with E-state index in [9.17, 15) is 0 Å². The van der Waals surface area contributed by atoms with Crippen molar-refractivity contribution in [1.29, 1.82) is 0 Å². The molecule has 1 aromatic heterocycles. The quantitative estimate of drug-likeness (QED) is 0.767. The molecule has 0 aliphatic carbocycles. The van der Waals surface area contributed by atoms with Gasteiger partial charge in [0.05, 0.1) is 5.69 Å². The van der Waals surface area contributed by atoms with Gasteiger partial charge in [-0.2, -0.15) is 5.10 Å². The van der Waals surface area contributed by atoms with Gasteiger partial charge in [0.15, 0.2) is 11.5 Å². The average molecular weight is 202 g/mol. The number of ether oxygens (including phenoxy) is 2. The average Bonchev–Trinajstić information content (AvgIpc) is 2.82. The summed E-state index contributed by atoms with van der Waals surface area (Å²) in [5.74, 6) is 1.61. The van der Waals surface area contributed by atoms with Gasteiger partial charge in [-0.3, -0.25) is 5.10 Å². The molecular formula is C11H10N2O2. The smallest absolute Gasteiger partial charge is 0.162 e. The number of nitrogens with one attached hydrogen (secondary N) is 1. The normalized spacial score (nSPS) is 13.9. The second-order valence-corrected chi connectivity index (χ2v) is 3.33. The highest BCUT2D eigenvalue weighted by Gasteiger charge is 2.12. The van der Waals surface area contributed by atoms with Crippen LogP contribution in [0.2, 0.25) is 0 Å². The maximum absolute atomic E-state index is 5.50. The minimum Gasteiger partial charge on any atom is -0.486 e. The molecule has 1 N–H and O–H groups in total. The molecule has 15 heavy (non-hydrogen) atoms. The van der Waals surface area contributed by atoms with Gasteiger partial charge in [0, 0.05) is 11.8 Å². The fraction of sp³-hybridized carbons (Fsp3) is 0.182. The molecule has 3 rings (SSSR count). The van der Waals surface area contributed by atoms with Crippen molar-refractivity contribution < 1.29 is 9.47 Å². The molecule has 0 saturated heterocycles. The topological polar surface area (TPSA) is 47.1 Å². The number of fused-ring (bicyclic) bond motifs is 1. The second kappa shape index (κ2) is 3.31. The summed E-state index contributed by atoms with van der Waals surface area (Å²) < 4.78 is 10.9. The van der Waals surface area contributed by atoms with E-state index in [0.29, 0.717) is 13.2 Å². The van der Waals surface area contributed by atoms with Crippen LogP contribution in [0.15, 0.2) is 30.5 Å². The Hall–Kier alpha value is -1.97. The number of aromatic nitrogens is 2. The molecule has 1 aliphatic heterocycles. The number of rotatable bonds is 1. The van der Waals surface area contributed by atoms with E-state index in [-0.39, 0.29) is 0 Å². The van der Waals surface area contributed by atoms with Crippen molar-refractivity contribution in [3.8, 4) is 22.8 Å². The van der Waals surface area contributed by atoms with Crippen molar-refractivity contribution in [2.75, 3.05) is 13.2 Å². The van der Waals surface area contributed by atoms with Gasteiger partial charge >= 0.3 is 0 Å². The zero-order chi connectivity index (χ0) is 10.1. The van der Waals surface area contributed by atoms with Crippen molar-refractivity contribution in [3.05, 3.63) is 30.5 Å². The van der Waals surface area contributed by atoms with Crippen LogP contribution in [0.3, 0.4) is 0 Å². The Bertz CT molecular complexity index is 465. The summed E-state index contributed by atoms with van der Waals surface area (Å²) in [4.78, 5) is 0. The van der Waals surface area contributed by atoms with E-state index < -0.39 is 0 Å². The maximum Gasteiger partial charge on any atom is 0.162 e. The second-order valence-electron chi connectivity index (χ2n) is 3.33. The maximum atomic E-state index is 5.50. The number of aromatic amines is 1. The molecule has 4 nitrogen and oxygen atoms in total. The Balaban J connectivity index is 2.04. The van der Waals surface area contributed by atoms with Crippen LogP contribution in [0.25, 0.3) is 11.3 Å². The molecule has 0 spiro atoms. The fourth-order valence-corrected chi connectivity index (χ4v) is 1.63. The minimum atomic E-state index is 0.611. The van der Waals surface area contributed by atoms with Gasteiger partial charge in [0.1, 0.15) is 13.2 Å². The van der Waals surface area contributed by atoms with Crippen molar-refractivity contribution in [2.45, 2.75) is 0 Å². The molecule has 4 heteroatoms. The summed E-state index contributed by atoms with van der Waals surface area (Å²) >= 11 is 0.